The number of carbonyl (C=O) groups is 1. The Bertz CT molecular complexity index is 431. The largest absolute Gasteiger partial charge is 0.361 e. The Balaban J connectivity index is 0.000000583. The number of fused-ring (bicyclic) bond motifs is 1. The van der Waals surface area contributed by atoms with Gasteiger partial charge in [0.2, 0.25) is 0 Å². The van der Waals surface area contributed by atoms with Crippen LogP contribution in [0.4, 0.5) is 0 Å². The summed E-state index contributed by atoms with van der Waals surface area (Å²) in [5, 5.41) is 1.39. The highest BCUT2D eigenvalue weighted by atomic mass is 16.1. The van der Waals surface area contributed by atoms with Crippen LogP contribution in [0.15, 0.2) is 30.5 Å². The van der Waals surface area contributed by atoms with Gasteiger partial charge in [0.15, 0.2) is 0 Å². The first-order valence-electron chi connectivity index (χ1n) is 5.78. The monoisotopic (exact) mass is 233 g/mol. The fraction of sp³-hybridized carbons (Fsp3) is 0.400. The summed E-state index contributed by atoms with van der Waals surface area (Å²) in [6.45, 7) is 3.68. The normalized spacial score (nSPS) is 9.06. The molecule has 1 aromatic carbocycles. The van der Waals surface area contributed by atoms with Crippen molar-refractivity contribution in [2.45, 2.75) is 40.5 Å². The third-order valence-electron chi connectivity index (χ3n) is 2.47. The number of hydrogen-bond acceptors (Lipinski definition) is 1. The Hall–Kier alpha value is -1.57. The fourth-order valence-electron chi connectivity index (χ4n) is 1.71. The molecule has 0 amide bonds. The number of aromatic amines is 1. The Kier molecular flexibility index (Phi) is 7.78. The van der Waals surface area contributed by atoms with Crippen LogP contribution in [0.5, 0.6) is 0 Å². The molecule has 2 rings (SSSR count). The molecule has 0 aliphatic heterocycles. The molecule has 0 aliphatic rings. The second kappa shape index (κ2) is 8.57. The smallest absolute Gasteiger partial charge is 0.116 e. The van der Waals surface area contributed by atoms with Gasteiger partial charge in [-0.05, 0) is 31.4 Å². The second-order valence-electron chi connectivity index (χ2n) is 3.70. The van der Waals surface area contributed by atoms with Crippen LogP contribution < -0.4 is 0 Å². The van der Waals surface area contributed by atoms with Crippen LogP contribution in [0, 0.1) is 0 Å². The number of rotatable bonds is 3. The number of aromatic nitrogens is 1. The first-order valence-corrected chi connectivity index (χ1v) is 5.78. The number of nitrogens with one attached hydrogen (secondary N) is 1. The Labute approximate surface area is 104 Å². The van der Waals surface area contributed by atoms with Crippen molar-refractivity contribution in [3.05, 3.63) is 36.0 Å². The van der Waals surface area contributed by atoms with Gasteiger partial charge >= 0.3 is 0 Å². The zero-order chi connectivity index (χ0) is 11.8. The van der Waals surface area contributed by atoms with Gasteiger partial charge < -0.3 is 9.78 Å². The van der Waals surface area contributed by atoms with Crippen LogP contribution in [0.25, 0.3) is 10.9 Å². The third-order valence-corrected chi connectivity index (χ3v) is 2.47. The molecule has 2 nitrogen and oxygen atoms in total. The summed E-state index contributed by atoms with van der Waals surface area (Å²) in [5.41, 5.74) is 2.71. The van der Waals surface area contributed by atoms with E-state index in [1.54, 1.807) is 0 Å². The molecule has 0 atom stereocenters. The Morgan fingerprint density at radius 2 is 1.94 bits per heavy atom. The lowest BCUT2D eigenvalue weighted by atomic mass is 10.1. The van der Waals surface area contributed by atoms with E-state index in [1.807, 2.05) is 0 Å². The number of aryl methyl sites for hydroxylation is 1. The van der Waals surface area contributed by atoms with Gasteiger partial charge in [-0.15, -0.1) is 0 Å². The molecule has 1 N–H and O–H groups in total. The molecule has 17 heavy (non-hydrogen) atoms. The first-order chi connectivity index (χ1) is 7.83. The summed E-state index contributed by atoms with van der Waals surface area (Å²) in [6, 6.07) is 8.50. The summed E-state index contributed by atoms with van der Waals surface area (Å²) >= 11 is 0. The lowest BCUT2D eigenvalue weighted by Crippen LogP contribution is -1.80. The highest BCUT2D eigenvalue weighted by Gasteiger charge is 2.00. The van der Waals surface area contributed by atoms with Gasteiger partial charge in [0.05, 0.1) is 0 Å². The van der Waals surface area contributed by atoms with Crippen molar-refractivity contribution in [1.82, 2.24) is 4.98 Å². The molecule has 0 fully saturated rings. The van der Waals surface area contributed by atoms with E-state index in [2.05, 4.69) is 42.4 Å². The van der Waals surface area contributed by atoms with Crippen LogP contribution in [0.2, 0.25) is 0 Å². The van der Waals surface area contributed by atoms with Gasteiger partial charge in [-0.2, -0.15) is 0 Å². The summed E-state index contributed by atoms with van der Waals surface area (Å²) in [5.74, 6) is 0. The summed E-state index contributed by atoms with van der Waals surface area (Å²) in [4.78, 5) is 12.1. The van der Waals surface area contributed by atoms with Crippen molar-refractivity contribution in [1.29, 1.82) is 0 Å². The van der Waals surface area contributed by atoms with Crippen molar-refractivity contribution in [2.24, 2.45) is 0 Å². The molecule has 94 valence electrons. The molecule has 0 saturated heterocycles. The van der Waals surface area contributed by atoms with E-state index in [0.29, 0.717) is 0 Å². The highest BCUT2D eigenvalue weighted by Crippen LogP contribution is 2.19. The zero-order valence-corrected chi connectivity index (χ0v) is 9.99. The van der Waals surface area contributed by atoms with Gasteiger partial charge in [-0.3, -0.25) is 0 Å². The molecule has 2 aromatic rings. The van der Waals surface area contributed by atoms with E-state index < -0.39 is 0 Å². The number of carbonyl (C=O) groups excluding carboxylic acids is 1. The first kappa shape index (κ1) is 15.4. The summed E-state index contributed by atoms with van der Waals surface area (Å²) < 4.78 is 0. The predicted octanol–water partition coefficient (Wildman–Crippen LogP) is 4.35. The minimum Gasteiger partial charge on any atom is -0.361 e. The van der Waals surface area contributed by atoms with Gasteiger partial charge in [0, 0.05) is 17.1 Å². The summed E-state index contributed by atoms with van der Waals surface area (Å²) in [7, 11) is 0. The number of hydrogen-bond donors (Lipinski definition) is 1. The van der Waals surface area contributed by atoms with Crippen molar-refractivity contribution in [3.63, 3.8) is 0 Å². The molecular formula is C15H23NO. The zero-order valence-electron chi connectivity index (χ0n) is 9.99. The average molecular weight is 233 g/mol. The maximum absolute atomic E-state index is 8.81. The lowest BCUT2D eigenvalue weighted by Gasteiger charge is -1.95. The number of H-pyrrole nitrogens is 1. The molecular weight excluding hydrogens is 210 g/mol. The van der Waals surface area contributed by atoms with Crippen LogP contribution in [-0.2, 0) is 11.2 Å². The Morgan fingerprint density at radius 3 is 2.59 bits per heavy atom. The topological polar surface area (TPSA) is 32.9 Å². The van der Waals surface area contributed by atoms with Gasteiger partial charge in [-0.25, -0.2) is 0 Å². The van der Waals surface area contributed by atoms with E-state index in [4.69, 9.17) is 4.79 Å². The van der Waals surface area contributed by atoms with Crippen LogP contribution in [-0.4, -0.2) is 11.3 Å². The van der Waals surface area contributed by atoms with E-state index in [1.165, 1.54) is 42.7 Å². The van der Waals surface area contributed by atoms with E-state index >= 15 is 0 Å². The Morgan fingerprint density at radius 1 is 1.29 bits per heavy atom. The number of unbranched alkanes of at least 4 members (excludes halogenated alkanes) is 1. The van der Waals surface area contributed by atoms with Gasteiger partial charge in [-0.1, -0.05) is 39.0 Å². The van der Waals surface area contributed by atoms with Gasteiger partial charge in [0.25, 0.3) is 0 Å². The second-order valence-corrected chi connectivity index (χ2v) is 3.70. The molecule has 0 bridgehead atoms. The summed E-state index contributed by atoms with van der Waals surface area (Å²) in [6.07, 6.45) is 6.63. The lowest BCUT2D eigenvalue weighted by molar-refractivity contribution is -0.106. The average Bonchev–Trinajstić information content (AvgIpc) is 2.71. The predicted molar refractivity (Wildman–Crippen MR) is 75.4 cm³/mol. The van der Waals surface area contributed by atoms with Gasteiger partial charge in [0.1, 0.15) is 6.29 Å². The van der Waals surface area contributed by atoms with E-state index in [9.17, 15) is 0 Å². The van der Waals surface area contributed by atoms with Crippen molar-refractivity contribution in [3.8, 4) is 0 Å². The molecule has 0 aliphatic carbocycles. The maximum atomic E-state index is 8.81. The molecule has 2 heteroatoms. The molecule has 0 spiro atoms. The fourth-order valence-corrected chi connectivity index (χ4v) is 1.71. The molecule has 0 saturated carbocycles. The number of aldehydes is 1. The van der Waals surface area contributed by atoms with Crippen LogP contribution in [0.3, 0.4) is 0 Å². The quantitative estimate of drug-likeness (QED) is 0.785. The molecule has 1 aromatic heterocycles. The number of para-hydroxylation sites is 1. The maximum Gasteiger partial charge on any atom is 0.116 e. The molecule has 1 heterocycles. The third kappa shape index (κ3) is 4.43. The van der Waals surface area contributed by atoms with Crippen molar-refractivity contribution < 1.29 is 4.79 Å². The van der Waals surface area contributed by atoms with E-state index in [-0.39, 0.29) is 7.43 Å². The SMILES string of the molecule is C.CC=O.CCCCc1c[nH]c2ccccc12. The van der Waals surface area contributed by atoms with Crippen molar-refractivity contribution in [2.75, 3.05) is 0 Å². The molecule has 0 radical (unpaired) electrons. The minimum atomic E-state index is 0. The van der Waals surface area contributed by atoms with Crippen LogP contribution in [0.1, 0.15) is 39.7 Å². The minimum absolute atomic E-state index is 0. The van der Waals surface area contributed by atoms with Crippen LogP contribution >= 0.6 is 0 Å². The standard InChI is InChI=1S/C12H15N.C2H4O.CH4/c1-2-3-6-10-9-13-12-8-5-4-7-11(10)12;1-2-3;/h4-5,7-9,13H,2-3,6H2,1H3;2H,1H3;1H4. The molecule has 0 unspecified atom stereocenters. The highest BCUT2D eigenvalue weighted by molar-refractivity contribution is 5.82. The van der Waals surface area contributed by atoms with Crippen molar-refractivity contribution >= 4 is 17.2 Å². The number of benzene rings is 1. The van der Waals surface area contributed by atoms with E-state index in [0.717, 1.165) is 6.29 Å².